The highest BCUT2D eigenvalue weighted by atomic mass is 15.2. The first-order chi connectivity index (χ1) is 7.58. The Morgan fingerprint density at radius 3 is 2.69 bits per heavy atom. The topological polar surface area (TPSA) is 70.8 Å². The van der Waals surface area contributed by atoms with E-state index in [0.717, 1.165) is 35.6 Å². The fourth-order valence-electron chi connectivity index (χ4n) is 1.74. The normalized spacial score (nSPS) is 17.7. The van der Waals surface area contributed by atoms with Gasteiger partial charge in [-0.1, -0.05) is 0 Å². The lowest BCUT2D eigenvalue weighted by atomic mass is 10.3. The summed E-state index contributed by atoms with van der Waals surface area (Å²) in [4.78, 5) is 14.1. The summed E-state index contributed by atoms with van der Waals surface area (Å²) in [5.41, 5.74) is 7.58. The minimum absolute atomic E-state index is 0.223. The Morgan fingerprint density at radius 1 is 1.31 bits per heavy atom. The van der Waals surface area contributed by atoms with Crippen LogP contribution in [0.1, 0.15) is 18.7 Å². The summed E-state index contributed by atoms with van der Waals surface area (Å²) in [6.45, 7) is 0. The predicted octanol–water partition coefficient (Wildman–Crippen LogP) is 0.972. The van der Waals surface area contributed by atoms with Gasteiger partial charge in [0.15, 0.2) is 5.65 Å². The Bertz CT molecular complexity index is 538. The molecule has 0 bridgehead atoms. The first-order valence-electron chi connectivity index (χ1n) is 5.42. The summed E-state index contributed by atoms with van der Waals surface area (Å²) < 4.78 is 0. The molecule has 0 atom stereocenters. The molecule has 5 heteroatoms. The smallest absolute Gasteiger partial charge is 0.179 e. The van der Waals surface area contributed by atoms with Gasteiger partial charge in [0.1, 0.15) is 11.6 Å². The molecule has 1 fully saturated rings. The fourth-order valence-corrected chi connectivity index (χ4v) is 1.74. The van der Waals surface area contributed by atoms with Gasteiger partial charge >= 0.3 is 0 Å². The summed E-state index contributed by atoms with van der Waals surface area (Å²) in [7, 11) is 3.93. The van der Waals surface area contributed by atoms with Gasteiger partial charge in [0.25, 0.3) is 0 Å². The minimum Gasteiger partial charge on any atom is -0.363 e. The van der Waals surface area contributed by atoms with E-state index in [9.17, 15) is 0 Å². The lowest BCUT2D eigenvalue weighted by molar-refractivity contribution is 0.688. The van der Waals surface area contributed by atoms with Gasteiger partial charge in [-0.3, -0.25) is 0 Å². The molecule has 1 saturated carbocycles. The van der Waals surface area contributed by atoms with E-state index >= 15 is 0 Å². The zero-order valence-electron chi connectivity index (χ0n) is 9.49. The van der Waals surface area contributed by atoms with Crippen molar-refractivity contribution in [2.45, 2.75) is 18.4 Å². The number of aromatic nitrogens is 3. The molecule has 3 rings (SSSR count). The molecule has 0 spiro atoms. The lowest BCUT2D eigenvalue weighted by Crippen LogP contribution is -2.20. The van der Waals surface area contributed by atoms with Crippen molar-refractivity contribution in [1.82, 2.24) is 15.0 Å². The van der Waals surface area contributed by atoms with Crippen molar-refractivity contribution < 1.29 is 0 Å². The van der Waals surface area contributed by atoms with Crippen molar-refractivity contribution in [2.75, 3.05) is 19.0 Å². The van der Waals surface area contributed by atoms with Gasteiger partial charge in [0, 0.05) is 14.1 Å². The Balaban J connectivity index is 2.10. The Morgan fingerprint density at radius 2 is 2.06 bits per heavy atom. The van der Waals surface area contributed by atoms with E-state index in [1.807, 2.05) is 31.1 Å². The second-order valence-corrected chi connectivity index (χ2v) is 4.68. The number of nitrogens with zero attached hydrogens (tertiary/aromatic N) is 3. The van der Waals surface area contributed by atoms with Gasteiger partial charge in [-0.15, -0.1) is 0 Å². The lowest BCUT2D eigenvalue weighted by Gasteiger charge is -2.09. The quantitative estimate of drug-likeness (QED) is 0.786. The number of hydrogen-bond donors (Lipinski definition) is 2. The number of rotatable bonds is 2. The number of imidazole rings is 1. The number of hydrogen-bond acceptors (Lipinski definition) is 4. The van der Waals surface area contributed by atoms with Crippen LogP contribution in [0.25, 0.3) is 11.2 Å². The van der Waals surface area contributed by atoms with Crippen LogP contribution < -0.4 is 10.6 Å². The largest absolute Gasteiger partial charge is 0.363 e. The molecule has 84 valence electrons. The van der Waals surface area contributed by atoms with Crippen LogP contribution in [0.5, 0.6) is 0 Å². The van der Waals surface area contributed by atoms with Crippen LogP contribution in [0.2, 0.25) is 0 Å². The number of pyridine rings is 1. The van der Waals surface area contributed by atoms with Crippen LogP contribution in [-0.4, -0.2) is 29.0 Å². The van der Waals surface area contributed by atoms with Gasteiger partial charge in [0.2, 0.25) is 0 Å². The second-order valence-electron chi connectivity index (χ2n) is 4.68. The third-order valence-electron chi connectivity index (χ3n) is 3.05. The van der Waals surface area contributed by atoms with Crippen LogP contribution in [0.4, 0.5) is 5.82 Å². The van der Waals surface area contributed by atoms with Gasteiger partial charge in [-0.2, -0.15) is 0 Å². The van der Waals surface area contributed by atoms with Crippen LogP contribution in [-0.2, 0) is 5.54 Å². The van der Waals surface area contributed by atoms with E-state index in [1.54, 1.807) is 0 Å². The van der Waals surface area contributed by atoms with E-state index in [0.29, 0.717) is 0 Å². The first kappa shape index (κ1) is 9.59. The Labute approximate surface area is 93.7 Å². The van der Waals surface area contributed by atoms with Crippen molar-refractivity contribution in [2.24, 2.45) is 5.73 Å². The molecule has 16 heavy (non-hydrogen) atoms. The van der Waals surface area contributed by atoms with E-state index < -0.39 is 0 Å². The summed E-state index contributed by atoms with van der Waals surface area (Å²) in [6.07, 6.45) is 2.01. The number of anilines is 1. The van der Waals surface area contributed by atoms with E-state index in [-0.39, 0.29) is 5.54 Å². The molecule has 1 aliphatic rings. The van der Waals surface area contributed by atoms with Crippen LogP contribution >= 0.6 is 0 Å². The van der Waals surface area contributed by atoms with Gasteiger partial charge in [-0.05, 0) is 25.0 Å². The van der Waals surface area contributed by atoms with Gasteiger partial charge < -0.3 is 15.6 Å². The molecule has 0 radical (unpaired) electrons. The van der Waals surface area contributed by atoms with Crippen LogP contribution in [0.3, 0.4) is 0 Å². The van der Waals surface area contributed by atoms with Gasteiger partial charge in [-0.25, -0.2) is 9.97 Å². The van der Waals surface area contributed by atoms with Crippen molar-refractivity contribution in [3.63, 3.8) is 0 Å². The summed E-state index contributed by atoms with van der Waals surface area (Å²) in [5, 5.41) is 0. The highest BCUT2D eigenvalue weighted by molar-refractivity contribution is 5.73. The third kappa shape index (κ3) is 1.36. The molecule has 0 saturated heterocycles. The van der Waals surface area contributed by atoms with E-state index in [2.05, 4.69) is 15.0 Å². The molecule has 2 aromatic heterocycles. The van der Waals surface area contributed by atoms with E-state index in [1.165, 1.54) is 0 Å². The number of H-pyrrole nitrogens is 1. The molecule has 3 N–H and O–H groups in total. The number of nitrogens with one attached hydrogen (secondary N) is 1. The summed E-state index contributed by atoms with van der Waals surface area (Å²) in [5.74, 6) is 1.78. The Kier molecular flexibility index (Phi) is 1.77. The first-order valence-corrected chi connectivity index (χ1v) is 5.42. The number of aromatic amines is 1. The van der Waals surface area contributed by atoms with Crippen molar-refractivity contribution in [3.05, 3.63) is 18.0 Å². The molecule has 5 nitrogen and oxygen atoms in total. The molecular weight excluding hydrogens is 202 g/mol. The molecule has 0 unspecified atom stereocenters. The zero-order valence-corrected chi connectivity index (χ0v) is 9.49. The molecule has 0 aliphatic heterocycles. The number of nitrogens with two attached hydrogens (primary N) is 1. The Hall–Kier alpha value is -1.62. The van der Waals surface area contributed by atoms with E-state index in [4.69, 9.17) is 5.73 Å². The van der Waals surface area contributed by atoms with Crippen molar-refractivity contribution in [3.8, 4) is 0 Å². The maximum atomic E-state index is 6.10. The van der Waals surface area contributed by atoms with Crippen molar-refractivity contribution >= 4 is 17.0 Å². The monoisotopic (exact) mass is 217 g/mol. The average molecular weight is 217 g/mol. The highest BCUT2D eigenvalue weighted by Gasteiger charge is 2.43. The highest BCUT2D eigenvalue weighted by Crippen LogP contribution is 2.41. The SMILES string of the molecule is CN(C)c1ccc2[nH]c(C3(N)CC3)nc2n1. The predicted molar refractivity (Wildman–Crippen MR) is 63.3 cm³/mol. The van der Waals surface area contributed by atoms with Crippen LogP contribution in [0.15, 0.2) is 12.1 Å². The molecule has 0 amide bonds. The minimum atomic E-state index is -0.223. The molecular formula is C11H15N5. The zero-order chi connectivity index (χ0) is 11.3. The van der Waals surface area contributed by atoms with Gasteiger partial charge in [0.05, 0.1) is 11.1 Å². The van der Waals surface area contributed by atoms with Crippen molar-refractivity contribution in [1.29, 1.82) is 0 Å². The van der Waals surface area contributed by atoms with Crippen LogP contribution in [0, 0.1) is 0 Å². The molecule has 0 aromatic carbocycles. The summed E-state index contributed by atoms with van der Waals surface area (Å²) >= 11 is 0. The maximum Gasteiger partial charge on any atom is 0.179 e. The second kappa shape index (κ2) is 2.95. The maximum absolute atomic E-state index is 6.10. The average Bonchev–Trinajstić information content (AvgIpc) is 2.86. The standard InChI is InChI=1S/C11H15N5/c1-16(2)8-4-3-7-9(14-8)15-10(13-7)11(12)5-6-11/h3-4H,5-6,12H2,1-2H3,(H,13,14,15). The fraction of sp³-hybridized carbons (Fsp3) is 0.455. The number of fused-ring (bicyclic) bond motifs is 1. The third-order valence-corrected chi connectivity index (χ3v) is 3.05. The molecule has 1 aliphatic carbocycles. The molecule has 2 heterocycles. The molecule has 2 aromatic rings. The summed E-state index contributed by atoms with van der Waals surface area (Å²) in [6, 6.07) is 3.97.